The van der Waals surface area contributed by atoms with Crippen LogP contribution in [0.4, 0.5) is 11.4 Å². The van der Waals surface area contributed by atoms with Crippen LogP contribution in [0.25, 0.3) is 0 Å². The zero-order valence-electron chi connectivity index (χ0n) is 11.5. The maximum atomic E-state index is 12.3. The molecule has 0 spiro atoms. The van der Waals surface area contributed by atoms with Gasteiger partial charge in [0.05, 0.1) is 5.56 Å². The van der Waals surface area contributed by atoms with Gasteiger partial charge in [0.1, 0.15) is 0 Å². The molecule has 2 unspecified atom stereocenters. The van der Waals surface area contributed by atoms with Gasteiger partial charge in [0.2, 0.25) is 0 Å². The average molecular weight is 261 g/mol. The van der Waals surface area contributed by atoms with Crippen LogP contribution in [0.1, 0.15) is 49.4 Å². The van der Waals surface area contributed by atoms with Crippen molar-refractivity contribution in [1.29, 1.82) is 0 Å². The van der Waals surface area contributed by atoms with Crippen LogP contribution in [0.15, 0.2) is 18.2 Å². The second kappa shape index (κ2) is 5.95. The molecule has 4 nitrogen and oxygen atoms in total. The van der Waals surface area contributed by atoms with Crippen LogP contribution in [-0.2, 0) is 0 Å². The molecule has 4 heteroatoms. The monoisotopic (exact) mass is 261 g/mol. The number of benzene rings is 1. The molecule has 2 atom stereocenters. The summed E-state index contributed by atoms with van der Waals surface area (Å²) in [6.45, 7) is 2.19. The number of hydrogen-bond donors (Lipinski definition) is 3. The second-order valence-corrected chi connectivity index (χ2v) is 5.38. The average Bonchev–Trinajstić information content (AvgIpc) is 2.39. The number of rotatable bonds is 3. The maximum absolute atomic E-state index is 12.3. The zero-order valence-corrected chi connectivity index (χ0v) is 11.5. The quantitative estimate of drug-likeness (QED) is 0.731. The summed E-state index contributed by atoms with van der Waals surface area (Å²) in [5.41, 5.74) is 13.0. The summed E-state index contributed by atoms with van der Waals surface area (Å²) >= 11 is 0. The second-order valence-electron chi connectivity index (χ2n) is 5.38. The van der Waals surface area contributed by atoms with Crippen molar-refractivity contribution in [2.45, 2.75) is 45.1 Å². The van der Waals surface area contributed by atoms with E-state index in [9.17, 15) is 4.79 Å². The van der Waals surface area contributed by atoms with Gasteiger partial charge in [-0.25, -0.2) is 0 Å². The number of amides is 1. The van der Waals surface area contributed by atoms with Crippen molar-refractivity contribution in [2.24, 2.45) is 5.92 Å². The van der Waals surface area contributed by atoms with E-state index in [2.05, 4.69) is 12.2 Å². The molecule has 0 radical (unpaired) electrons. The van der Waals surface area contributed by atoms with Gasteiger partial charge >= 0.3 is 0 Å². The van der Waals surface area contributed by atoms with Crippen molar-refractivity contribution < 1.29 is 4.79 Å². The van der Waals surface area contributed by atoms with Crippen LogP contribution in [0.3, 0.4) is 0 Å². The molecule has 5 N–H and O–H groups in total. The number of nitrogen functional groups attached to an aromatic ring is 2. The molecule has 104 valence electrons. The number of nitrogens with two attached hydrogens (primary N) is 2. The van der Waals surface area contributed by atoms with Gasteiger partial charge in [-0.3, -0.25) is 4.79 Å². The lowest BCUT2D eigenvalue weighted by Crippen LogP contribution is -2.42. The highest BCUT2D eigenvalue weighted by atomic mass is 16.1. The Morgan fingerprint density at radius 3 is 2.74 bits per heavy atom. The number of carbonyl (C=O) groups excluding carboxylic acids is 1. The fourth-order valence-electron chi connectivity index (χ4n) is 2.92. The molecule has 0 aromatic heterocycles. The minimum Gasteiger partial charge on any atom is -0.399 e. The number of nitrogens with one attached hydrogen (secondary N) is 1. The summed E-state index contributed by atoms with van der Waals surface area (Å²) in [5, 5.41) is 3.14. The standard InChI is InChI=1S/C15H23N3O/c1-2-10-5-3-4-6-14(10)18-15(19)12-8-7-11(16)9-13(12)17/h7-10,14H,2-6,16-17H2,1H3,(H,18,19). The van der Waals surface area contributed by atoms with E-state index in [1.165, 1.54) is 19.3 Å². The largest absolute Gasteiger partial charge is 0.399 e. The van der Waals surface area contributed by atoms with Gasteiger partial charge in [-0.15, -0.1) is 0 Å². The first-order valence-corrected chi connectivity index (χ1v) is 7.07. The number of carbonyl (C=O) groups is 1. The third-order valence-corrected chi connectivity index (χ3v) is 4.07. The summed E-state index contributed by atoms with van der Waals surface area (Å²) in [4.78, 5) is 12.3. The first-order valence-electron chi connectivity index (χ1n) is 7.07. The van der Waals surface area contributed by atoms with Crippen LogP contribution in [-0.4, -0.2) is 11.9 Å². The van der Waals surface area contributed by atoms with Crippen molar-refractivity contribution in [3.63, 3.8) is 0 Å². The fraction of sp³-hybridized carbons (Fsp3) is 0.533. The van der Waals surface area contributed by atoms with E-state index in [1.54, 1.807) is 18.2 Å². The van der Waals surface area contributed by atoms with Crippen LogP contribution < -0.4 is 16.8 Å². The van der Waals surface area contributed by atoms with Crippen LogP contribution in [0, 0.1) is 5.92 Å². The van der Waals surface area contributed by atoms with Crippen molar-refractivity contribution in [3.05, 3.63) is 23.8 Å². The molecular weight excluding hydrogens is 238 g/mol. The topological polar surface area (TPSA) is 81.1 Å². The van der Waals surface area contributed by atoms with Gasteiger partial charge in [-0.2, -0.15) is 0 Å². The molecule has 0 heterocycles. The Morgan fingerprint density at radius 2 is 2.05 bits per heavy atom. The Hall–Kier alpha value is -1.71. The Kier molecular flexibility index (Phi) is 4.30. The minimum atomic E-state index is -0.0807. The third kappa shape index (κ3) is 3.19. The lowest BCUT2D eigenvalue weighted by Gasteiger charge is -2.31. The van der Waals surface area contributed by atoms with E-state index in [4.69, 9.17) is 11.5 Å². The molecule has 2 rings (SSSR count). The predicted octanol–water partition coefficient (Wildman–Crippen LogP) is 2.55. The van der Waals surface area contributed by atoms with Crippen molar-refractivity contribution in [1.82, 2.24) is 5.32 Å². The van der Waals surface area contributed by atoms with Gasteiger partial charge in [0, 0.05) is 17.4 Å². The molecule has 0 saturated heterocycles. The fourth-order valence-corrected chi connectivity index (χ4v) is 2.92. The number of hydrogen-bond acceptors (Lipinski definition) is 3. The van der Waals surface area contributed by atoms with Crippen molar-refractivity contribution >= 4 is 17.3 Å². The van der Waals surface area contributed by atoms with Gasteiger partial charge in [-0.1, -0.05) is 26.2 Å². The Balaban J connectivity index is 2.07. The molecule has 1 amide bonds. The third-order valence-electron chi connectivity index (χ3n) is 4.07. The smallest absolute Gasteiger partial charge is 0.253 e. The molecule has 1 aromatic rings. The van der Waals surface area contributed by atoms with Crippen molar-refractivity contribution in [2.75, 3.05) is 11.5 Å². The highest BCUT2D eigenvalue weighted by Gasteiger charge is 2.25. The molecule has 1 saturated carbocycles. The molecule has 19 heavy (non-hydrogen) atoms. The van der Waals surface area contributed by atoms with Crippen LogP contribution >= 0.6 is 0 Å². The Labute approximate surface area is 114 Å². The number of anilines is 2. The molecule has 1 aliphatic carbocycles. The van der Waals surface area contributed by atoms with Gasteiger partial charge in [0.15, 0.2) is 0 Å². The summed E-state index contributed by atoms with van der Waals surface area (Å²) in [6.07, 6.45) is 5.85. The maximum Gasteiger partial charge on any atom is 0.253 e. The molecule has 0 bridgehead atoms. The molecule has 1 fully saturated rings. The zero-order chi connectivity index (χ0) is 13.8. The van der Waals surface area contributed by atoms with Crippen molar-refractivity contribution in [3.8, 4) is 0 Å². The molecular formula is C15H23N3O. The normalized spacial score (nSPS) is 23.0. The first-order chi connectivity index (χ1) is 9.11. The summed E-state index contributed by atoms with van der Waals surface area (Å²) in [5.74, 6) is 0.510. The van der Waals surface area contributed by atoms with Gasteiger partial charge < -0.3 is 16.8 Å². The molecule has 1 aliphatic rings. The minimum absolute atomic E-state index is 0.0807. The highest BCUT2D eigenvalue weighted by molar-refractivity contribution is 5.99. The van der Waals surface area contributed by atoms with Crippen LogP contribution in [0.2, 0.25) is 0 Å². The van der Waals surface area contributed by atoms with E-state index >= 15 is 0 Å². The first kappa shape index (κ1) is 13.7. The molecule has 0 aliphatic heterocycles. The van der Waals surface area contributed by atoms with E-state index in [1.807, 2.05) is 0 Å². The van der Waals surface area contributed by atoms with E-state index in [-0.39, 0.29) is 11.9 Å². The Morgan fingerprint density at radius 1 is 1.32 bits per heavy atom. The van der Waals surface area contributed by atoms with Gasteiger partial charge in [0.25, 0.3) is 5.91 Å². The van der Waals surface area contributed by atoms with E-state index in [0.29, 0.717) is 22.9 Å². The van der Waals surface area contributed by atoms with E-state index in [0.717, 1.165) is 12.8 Å². The lowest BCUT2D eigenvalue weighted by molar-refractivity contribution is 0.0905. The van der Waals surface area contributed by atoms with Crippen LogP contribution in [0.5, 0.6) is 0 Å². The van der Waals surface area contributed by atoms with E-state index < -0.39 is 0 Å². The lowest BCUT2D eigenvalue weighted by atomic mass is 9.83. The predicted molar refractivity (Wildman–Crippen MR) is 78.8 cm³/mol. The highest BCUT2D eigenvalue weighted by Crippen LogP contribution is 2.27. The summed E-state index contributed by atoms with van der Waals surface area (Å²) in [7, 11) is 0. The molecule has 1 aromatic carbocycles. The SMILES string of the molecule is CCC1CCCCC1NC(=O)c1ccc(N)cc1N. The van der Waals surface area contributed by atoms with Gasteiger partial charge in [-0.05, 0) is 37.0 Å². The Bertz CT molecular complexity index is 459. The summed E-state index contributed by atoms with van der Waals surface area (Å²) in [6, 6.07) is 5.32. The summed E-state index contributed by atoms with van der Waals surface area (Å²) < 4.78 is 0.